The van der Waals surface area contributed by atoms with Gasteiger partial charge in [-0.2, -0.15) is 0 Å². The number of hydrogen-bond donors (Lipinski definition) is 3. The molecular formula is C25H25N3O4. The second-order valence-corrected chi connectivity index (χ2v) is 8.99. The number of aromatic hydroxyl groups is 1. The van der Waals surface area contributed by atoms with Crippen LogP contribution in [0.1, 0.15) is 40.0 Å². The smallest absolute Gasteiger partial charge is 0.253 e. The van der Waals surface area contributed by atoms with Gasteiger partial charge in [-0.25, -0.2) is 0 Å². The minimum absolute atomic E-state index is 0.0195. The summed E-state index contributed by atoms with van der Waals surface area (Å²) in [6.07, 6.45) is 6.60. The lowest BCUT2D eigenvalue weighted by molar-refractivity contribution is 0.0917. The molecule has 2 aliphatic carbocycles. The van der Waals surface area contributed by atoms with Crippen molar-refractivity contribution in [1.82, 2.24) is 15.3 Å². The lowest BCUT2D eigenvalue weighted by atomic mass is 9.87. The average Bonchev–Trinajstić information content (AvgIpc) is 3.40. The van der Waals surface area contributed by atoms with E-state index in [4.69, 9.17) is 9.47 Å². The normalized spacial score (nSPS) is 17.3. The Bertz CT molecular complexity index is 1240. The lowest BCUT2D eigenvalue weighted by Gasteiger charge is -2.24. The van der Waals surface area contributed by atoms with E-state index in [1.165, 1.54) is 5.56 Å². The number of methoxy groups -OCH3 is 1. The van der Waals surface area contributed by atoms with Crippen molar-refractivity contribution in [2.45, 2.75) is 37.6 Å². The van der Waals surface area contributed by atoms with Gasteiger partial charge in [0, 0.05) is 42.1 Å². The van der Waals surface area contributed by atoms with Crippen molar-refractivity contribution in [3.05, 3.63) is 52.8 Å². The van der Waals surface area contributed by atoms with Crippen molar-refractivity contribution in [1.29, 1.82) is 0 Å². The summed E-state index contributed by atoms with van der Waals surface area (Å²) in [5.74, 6) is 0.552. The standard InChI is InChI=1S/C25H25N3O4/c1-31-8-9-32-21-5-3-14(10-20(21)29)18-11-17-15(13-26-18)2-4-16-22-19(27-23(16)17)12-25(6-7-25)28-24(22)30/h3,5,10-11,13,27,29H,2,4,6-9,12H2,1H3,(H,28,30). The maximum Gasteiger partial charge on any atom is 0.253 e. The largest absolute Gasteiger partial charge is 0.504 e. The topological polar surface area (TPSA) is 96.5 Å². The van der Waals surface area contributed by atoms with Gasteiger partial charge in [-0.3, -0.25) is 9.78 Å². The Morgan fingerprint density at radius 1 is 1.19 bits per heavy atom. The number of rotatable bonds is 5. The third kappa shape index (κ3) is 3.07. The Morgan fingerprint density at radius 2 is 2.06 bits per heavy atom. The number of ether oxygens (including phenoxy) is 2. The van der Waals surface area contributed by atoms with E-state index in [1.54, 1.807) is 19.2 Å². The van der Waals surface area contributed by atoms with Crippen LogP contribution >= 0.6 is 0 Å². The molecule has 3 N–H and O–H groups in total. The highest BCUT2D eigenvalue weighted by Crippen LogP contribution is 2.46. The molecule has 3 heterocycles. The van der Waals surface area contributed by atoms with E-state index >= 15 is 0 Å². The van der Waals surface area contributed by atoms with Crippen LogP contribution in [0.2, 0.25) is 0 Å². The lowest BCUT2D eigenvalue weighted by Crippen LogP contribution is -2.43. The van der Waals surface area contributed by atoms with E-state index in [0.29, 0.717) is 19.0 Å². The summed E-state index contributed by atoms with van der Waals surface area (Å²) in [4.78, 5) is 21.1. The number of H-pyrrole nitrogens is 1. The van der Waals surface area contributed by atoms with E-state index < -0.39 is 0 Å². The van der Waals surface area contributed by atoms with Crippen LogP contribution in [0.3, 0.4) is 0 Å². The van der Waals surface area contributed by atoms with Gasteiger partial charge in [0.15, 0.2) is 11.5 Å². The number of amides is 1. The average molecular weight is 431 g/mol. The fraction of sp³-hybridized carbons (Fsp3) is 0.360. The Balaban J connectivity index is 1.36. The third-order valence-corrected chi connectivity index (χ3v) is 6.86. The molecule has 1 amide bonds. The van der Waals surface area contributed by atoms with Crippen LogP contribution < -0.4 is 10.1 Å². The number of phenols is 1. The first kappa shape index (κ1) is 19.4. The number of carbonyl (C=O) groups excluding carboxylic acids is 1. The number of carbonyl (C=O) groups is 1. The number of aromatic nitrogens is 2. The van der Waals surface area contributed by atoms with Crippen LogP contribution in [0.4, 0.5) is 0 Å². The maximum atomic E-state index is 12.8. The molecular weight excluding hydrogens is 406 g/mol. The monoisotopic (exact) mass is 431 g/mol. The highest BCUT2D eigenvalue weighted by Gasteiger charge is 2.49. The quantitative estimate of drug-likeness (QED) is 0.538. The Kier molecular flexibility index (Phi) is 4.30. The molecule has 1 saturated carbocycles. The van der Waals surface area contributed by atoms with Crippen LogP contribution in [0.25, 0.3) is 22.5 Å². The molecule has 0 unspecified atom stereocenters. The van der Waals surface area contributed by atoms with Gasteiger partial charge >= 0.3 is 0 Å². The van der Waals surface area contributed by atoms with Crippen molar-refractivity contribution in [3.8, 4) is 34.0 Å². The van der Waals surface area contributed by atoms with Crippen LogP contribution in [-0.4, -0.2) is 46.8 Å². The predicted molar refractivity (Wildman–Crippen MR) is 119 cm³/mol. The summed E-state index contributed by atoms with van der Waals surface area (Å²) in [5, 5.41) is 13.6. The minimum Gasteiger partial charge on any atom is -0.504 e. The van der Waals surface area contributed by atoms with Gasteiger partial charge in [0.1, 0.15) is 6.61 Å². The van der Waals surface area contributed by atoms with Crippen molar-refractivity contribution in [2.75, 3.05) is 20.3 Å². The number of aromatic amines is 1. The maximum absolute atomic E-state index is 12.8. The van der Waals surface area contributed by atoms with Gasteiger partial charge in [-0.05, 0) is 61.1 Å². The van der Waals surface area contributed by atoms with E-state index in [1.807, 2.05) is 12.3 Å². The Morgan fingerprint density at radius 3 is 2.84 bits per heavy atom. The molecule has 32 heavy (non-hydrogen) atoms. The fourth-order valence-electron chi connectivity index (χ4n) is 4.99. The first-order valence-corrected chi connectivity index (χ1v) is 11.1. The highest BCUT2D eigenvalue weighted by atomic mass is 16.5. The second-order valence-electron chi connectivity index (χ2n) is 8.99. The number of phenolic OH excluding ortho intramolecular Hbond substituents is 1. The zero-order valence-electron chi connectivity index (χ0n) is 18.0. The molecule has 6 rings (SSSR count). The van der Waals surface area contributed by atoms with Crippen LogP contribution in [0, 0.1) is 0 Å². The number of hydrogen-bond acceptors (Lipinski definition) is 5. The highest BCUT2D eigenvalue weighted by molar-refractivity contribution is 6.01. The predicted octanol–water partition coefficient (Wildman–Crippen LogP) is 3.39. The van der Waals surface area contributed by atoms with Crippen molar-refractivity contribution in [2.24, 2.45) is 0 Å². The van der Waals surface area contributed by atoms with Crippen molar-refractivity contribution < 1.29 is 19.4 Å². The molecule has 0 radical (unpaired) electrons. The zero-order valence-corrected chi connectivity index (χ0v) is 18.0. The molecule has 1 aromatic carbocycles. The minimum atomic E-state index is -0.0195. The van der Waals surface area contributed by atoms with E-state index in [2.05, 4.69) is 21.4 Å². The molecule has 0 bridgehead atoms. The number of nitrogens with one attached hydrogen (secondary N) is 2. The third-order valence-electron chi connectivity index (χ3n) is 6.86. The molecule has 1 spiro atoms. The van der Waals surface area contributed by atoms with Crippen LogP contribution in [0.15, 0.2) is 30.5 Å². The summed E-state index contributed by atoms with van der Waals surface area (Å²) < 4.78 is 10.5. The number of pyridine rings is 1. The summed E-state index contributed by atoms with van der Waals surface area (Å²) in [6, 6.07) is 7.37. The van der Waals surface area contributed by atoms with Gasteiger partial charge in [-0.15, -0.1) is 0 Å². The fourth-order valence-corrected chi connectivity index (χ4v) is 4.99. The summed E-state index contributed by atoms with van der Waals surface area (Å²) in [6.45, 7) is 0.824. The molecule has 0 saturated heterocycles. The Hall–Kier alpha value is -3.32. The summed E-state index contributed by atoms with van der Waals surface area (Å²) in [5.41, 5.74) is 7.88. The molecule has 7 nitrogen and oxygen atoms in total. The molecule has 0 atom stereocenters. The second kappa shape index (κ2) is 7.10. The molecule has 1 aliphatic heterocycles. The molecule has 3 aliphatic rings. The van der Waals surface area contributed by atoms with E-state index in [0.717, 1.165) is 71.4 Å². The molecule has 7 heteroatoms. The van der Waals surface area contributed by atoms with E-state index in [9.17, 15) is 9.90 Å². The van der Waals surface area contributed by atoms with E-state index in [-0.39, 0.29) is 17.2 Å². The van der Waals surface area contributed by atoms with Gasteiger partial charge in [0.2, 0.25) is 0 Å². The molecule has 2 aromatic heterocycles. The first-order valence-electron chi connectivity index (χ1n) is 11.1. The molecule has 164 valence electrons. The van der Waals surface area contributed by atoms with Crippen molar-refractivity contribution >= 4 is 5.91 Å². The van der Waals surface area contributed by atoms with Gasteiger partial charge < -0.3 is 24.9 Å². The number of nitrogens with zero attached hydrogens (tertiary/aromatic N) is 1. The van der Waals surface area contributed by atoms with Gasteiger partial charge in [0.25, 0.3) is 5.91 Å². The summed E-state index contributed by atoms with van der Waals surface area (Å²) in [7, 11) is 1.61. The molecule has 1 fully saturated rings. The SMILES string of the molecule is COCCOc1ccc(-c2cc3c(cn2)CCc2c-3[nH]c3c2C(=O)NC2(CC2)C3)cc1O. The van der Waals surface area contributed by atoms with Crippen LogP contribution in [-0.2, 0) is 24.0 Å². The Labute approximate surface area is 185 Å². The number of fused-ring (bicyclic) bond motifs is 5. The first-order chi connectivity index (χ1) is 15.6. The molecule has 3 aromatic rings. The summed E-state index contributed by atoms with van der Waals surface area (Å²) >= 11 is 0. The number of aryl methyl sites for hydroxylation is 1. The van der Waals surface area contributed by atoms with Gasteiger partial charge in [-0.1, -0.05) is 0 Å². The number of benzene rings is 1. The van der Waals surface area contributed by atoms with Crippen molar-refractivity contribution in [3.63, 3.8) is 0 Å². The zero-order chi connectivity index (χ0) is 21.9. The van der Waals surface area contributed by atoms with Gasteiger partial charge in [0.05, 0.1) is 23.6 Å². The van der Waals surface area contributed by atoms with Crippen LogP contribution in [0.5, 0.6) is 11.5 Å².